The van der Waals surface area contributed by atoms with Crippen LogP contribution < -0.4 is 0 Å². The van der Waals surface area contributed by atoms with Gasteiger partial charge in [-0.3, -0.25) is 0 Å². The monoisotopic (exact) mass is 740 g/mol. The van der Waals surface area contributed by atoms with Gasteiger partial charge < -0.3 is 8.98 Å². The molecule has 11 aromatic rings. The van der Waals surface area contributed by atoms with E-state index in [4.69, 9.17) is 14.4 Å². The molecule has 0 bridgehead atoms. The summed E-state index contributed by atoms with van der Waals surface area (Å²) in [7, 11) is 0. The van der Waals surface area contributed by atoms with Gasteiger partial charge in [-0.2, -0.15) is 5.26 Å². The minimum absolute atomic E-state index is 0.438. The maximum atomic E-state index is 10.7. The Labute approximate surface area is 334 Å². The molecular weight excluding hydrogens is 709 g/mol. The van der Waals surface area contributed by atoms with Crippen molar-refractivity contribution in [3.8, 4) is 67.9 Å². The minimum atomic E-state index is 0.438. The Hall–Kier alpha value is -8.07. The van der Waals surface area contributed by atoms with E-state index in [9.17, 15) is 5.26 Å². The quantitative estimate of drug-likeness (QED) is 0.170. The number of nitriles is 1. The van der Waals surface area contributed by atoms with Crippen LogP contribution in [0.25, 0.3) is 106 Å². The van der Waals surface area contributed by atoms with E-state index >= 15 is 0 Å². The highest BCUT2D eigenvalue weighted by molar-refractivity contribution is 6.17. The normalized spacial score (nSPS) is 11.4. The molecule has 3 heterocycles. The van der Waals surface area contributed by atoms with Gasteiger partial charge in [0, 0.05) is 49.4 Å². The Bertz CT molecular complexity index is 3260. The van der Waals surface area contributed by atoms with Gasteiger partial charge in [0.25, 0.3) is 0 Å². The summed E-state index contributed by atoms with van der Waals surface area (Å²) in [4.78, 5) is 10.5. The van der Waals surface area contributed by atoms with Crippen molar-refractivity contribution in [2.24, 2.45) is 0 Å². The first kappa shape index (κ1) is 33.3. The van der Waals surface area contributed by atoms with Crippen LogP contribution in [-0.4, -0.2) is 14.5 Å². The number of rotatable bonds is 6. The van der Waals surface area contributed by atoms with E-state index < -0.39 is 0 Å². The molecule has 3 aromatic heterocycles. The molecule has 58 heavy (non-hydrogen) atoms. The molecule has 5 heteroatoms. The van der Waals surface area contributed by atoms with Crippen LogP contribution in [0.1, 0.15) is 5.56 Å². The first-order valence-electron chi connectivity index (χ1n) is 19.3. The Morgan fingerprint density at radius 1 is 0.414 bits per heavy atom. The van der Waals surface area contributed by atoms with Gasteiger partial charge in [0.1, 0.15) is 22.8 Å². The highest BCUT2D eigenvalue weighted by Gasteiger charge is 2.25. The molecule has 11 rings (SSSR count). The molecule has 5 nitrogen and oxygen atoms in total. The number of benzene rings is 8. The van der Waals surface area contributed by atoms with Gasteiger partial charge in [0.15, 0.2) is 5.82 Å². The predicted octanol–water partition coefficient (Wildman–Crippen LogP) is 13.7. The molecule has 270 valence electrons. The van der Waals surface area contributed by atoms with Crippen LogP contribution in [0.4, 0.5) is 0 Å². The van der Waals surface area contributed by atoms with Gasteiger partial charge in [-0.15, -0.1) is 0 Å². The molecule has 0 unspecified atom stereocenters. The first-order valence-corrected chi connectivity index (χ1v) is 19.3. The number of hydrogen-bond acceptors (Lipinski definition) is 4. The van der Waals surface area contributed by atoms with E-state index in [1.54, 1.807) is 0 Å². The topological polar surface area (TPSA) is 67.6 Å². The average Bonchev–Trinajstić information content (AvgIpc) is 3.83. The van der Waals surface area contributed by atoms with Crippen molar-refractivity contribution in [3.63, 3.8) is 0 Å². The predicted molar refractivity (Wildman–Crippen MR) is 236 cm³/mol. The average molecular weight is 741 g/mol. The van der Waals surface area contributed by atoms with E-state index in [2.05, 4.69) is 120 Å². The lowest BCUT2D eigenvalue weighted by Gasteiger charge is -2.21. The third-order valence-corrected chi connectivity index (χ3v) is 11.0. The molecule has 0 saturated heterocycles. The molecule has 0 aliphatic carbocycles. The maximum Gasteiger partial charge on any atom is 0.160 e. The number of hydrogen-bond donors (Lipinski definition) is 0. The Morgan fingerprint density at radius 2 is 0.914 bits per heavy atom. The molecule has 0 saturated carbocycles. The van der Waals surface area contributed by atoms with E-state index in [0.717, 1.165) is 88.4 Å². The number of furan rings is 1. The molecule has 0 N–H and O–H groups in total. The zero-order valence-corrected chi connectivity index (χ0v) is 31.2. The number of fused-ring (bicyclic) bond motifs is 6. The molecule has 0 aliphatic heterocycles. The van der Waals surface area contributed by atoms with Crippen LogP contribution >= 0.6 is 0 Å². The Kier molecular flexibility index (Phi) is 7.80. The first-order chi connectivity index (χ1) is 28.7. The highest BCUT2D eigenvalue weighted by atomic mass is 16.3. The van der Waals surface area contributed by atoms with Crippen molar-refractivity contribution in [2.75, 3.05) is 0 Å². The second kappa shape index (κ2) is 13.6. The Morgan fingerprint density at radius 3 is 1.48 bits per heavy atom. The van der Waals surface area contributed by atoms with Crippen molar-refractivity contribution in [2.45, 2.75) is 0 Å². The van der Waals surface area contributed by atoms with Crippen molar-refractivity contribution in [1.29, 1.82) is 5.26 Å². The summed E-state index contributed by atoms with van der Waals surface area (Å²) in [5, 5.41) is 15.1. The maximum absolute atomic E-state index is 10.7. The van der Waals surface area contributed by atoms with Gasteiger partial charge in [-0.25, -0.2) is 9.97 Å². The summed E-state index contributed by atoms with van der Waals surface area (Å²) in [6, 6.07) is 69.2. The largest absolute Gasteiger partial charge is 0.456 e. The minimum Gasteiger partial charge on any atom is -0.456 e. The van der Waals surface area contributed by atoms with Crippen LogP contribution in [0.2, 0.25) is 0 Å². The molecule has 0 atom stereocenters. The summed E-state index contributed by atoms with van der Waals surface area (Å²) < 4.78 is 8.85. The molecule has 0 fully saturated rings. The third kappa shape index (κ3) is 5.39. The summed E-state index contributed by atoms with van der Waals surface area (Å²) in [5.74, 6) is 0.534. The van der Waals surface area contributed by atoms with E-state index in [-0.39, 0.29) is 0 Å². The van der Waals surface area contributed by atoms with Gasteiger partial charge in [0.2, 0.25) is 0 Å². The standard InChI is InChI=1S/C53H32N4O/c54-33-45-50(36-21-9-3-10-22-36)55-53(56-51(45)37-23-11-4-12-24-37)38-29-41(34-17-5-1-6-18-34)52(42(30-38)35-19-7-2-8-20-35)57-46-27-15-13-25-39(46)43-32-49-44(31-47(43)57)40-26-14-16-28-48(40)58-49/h1-32H. The van der Waals surface area contributed by atoms with Crippen molar-refractivity contribution >= 4 is 43.7 Å². The van der Waals surface area contributed by atoms with Crippen LogP contribution in [0, 0.1) is 11.3 Å². The number of nitrogens with zero attached hydrogens (tertiary/aromatic N) is 4. The van der Waals surface area contributed by atoms with Crippen LogP contribution in [0.5, 0.6) is 0 Å². The molecule has 0 spiro atoms. The second-order valence-electron chi connectivity index (χ2n) is 14.4. The van der Waals surface area contributed by atoms with Gasteiger partial charge in [-0.1, -0.05) is 158 Å². The van der Waals surface area contributed by atoms with Crippen molar-refractivity contribution in [3.05, 3.63) is 200 Å². The van der Waals surface area contributed by atoms with Crippen LogP contribution in [0.3, 0.4) is 0 Å². The van der Waals surface area contributed by atoms with Gasteiger partial charge >= 0.3 is 0 Å². The smallest absolute Gasteiger partial charge is 0.160 e. The fraction of sp³-hybridized carbons (Fsp3) is 0. The Balaban J connectivity index is 1.28. The van der Waals surface area contributed by atoms with Gasteiger partial charge in [-0.05, 0) is 47.5 Å². The summed E-state index contributed by atoms with van der Waals surface area (Å²) in [6.45, 7) is 0. The lowest BCUT2D eigenvalue weighted by atomic mass is 9.92. The zero-order valence-electron chi connectivity index (χ0n) is 31.2. The molecule has 0 aliphatic rings. The molecular formula is C53H32N4O. The molecule has 8 aromatic carbocycles. The van der Waals surface area contributed by atoms with Crippen LogP contribution in [-0.2, 0) is 0 Å². The van der Waals surface area contributed by atoms with Crippen molar-refractivity contribution in [1.82, 2.24) is 14.5 Å². The molecule has 0 radical (unpaired) electrons. The third-order valence-electron chi connectivity index (χ3n) is 11.0. The van der Waals surface area contributed by atoms with Crippen molar-refractivity contribution < 1.29 is 4.42 Å². The van der Waals surface area contributed by atoms with E-state index in [1.807, 2.05) is 84.9 Å². The van der Waals surface area contributed by atoms with E-state index in [0.29, 0.717) is 22.8 Å². The van der Waals surface area contributed by atoms with Gasteiger partial charge in [0.05, 0.1) is 28.1 Å². The zero-order chi connectivity index (χ0) is 38.6. The fourth-order valence-electron chi connectivity index (χ4n) is 8.41. The SMILES string of the molecule is N#Cc1c(-c2ccccc2)nc(-c2cc(-c3ccccc3)c(-n3c4ccccc4c4cc5oc6ccccc6c5cc43)c(-c3ccccc3)c2)nc1-c1ccccc1. The highest BCUT2D eigenvalue weighted by Crippen LogP contribution is 2.45. The summed E-state index contributed by atoms with van der Waals surface area (Å²) in [5.41, 5.74) is 13.3. The van der Waals surface area contributed by atoms with E-state index in [1.165, 1.54) is 0 Å². The lowest BCUT2D eigenvalue weighted by Crippen LogP contribution is -2.04. The summed E-state index contributed by atoms with van der Waals surface area (Å²) >= 11 is 0. The molecule has 0 amide bonds. The summed E-state index contributed by atoms with van der Waals surface area (Å²) in [6.07, 6.45) is 0. The fourth-order valence-corrected chi connectivity index (χ4v) is 8.41. The number of para-hydroxylation sites is 2. The second-order valence-corrected chi connectivity index (χ2v) is 14.4. The van der Waals surface area contributed by atoms with Crippen LogP contribution in [0.15, 0.2) is 199 Å². The lowest BCUT2D eigenvalue weighted by molar-refractivity contribution is 0.669. The number of aromatic nitrogens is 3.